The minimum Gasteiger partial charge on any atom is -0.473 e. The first-order valence-electron chi connectivity index (χ1n) is 9.45. The average Bonchev–Trinajstić information content (AvgIpc) is 3.19. The molecule has 1 fully saturated rings. The van der Waals surface area contributed by atoms with Crippen LogP contribution >= 0.6 is 15.9 Å². The van der Waals surface area contributed by atoms with Crippen molar-refractivity contribution in [3.05, 3.63) is 58.1 Å². The summed E-state index contributed by atoms with van der Waals surface area (Å²) in [7, 11) is 0. The van der Waals surface area contributed by atoms with Crippen molar-refractivity contribution in [3.63, 3.8) is 0 Å². The van der Waals surface area contributed by atoms with E-state index in [1.807, 2.05) is 6.07 Å². The lowest BCUT2D eigenvalue weighted by Gasteiger charge is -2.35. The van der Waals surface area contributed by atoms with Crippen LogP contribution in [0.5, 0.6) is 11.5 Å². The Morgan fingerprint density at radius 1 is 0.867 bits per heavy atom. The van der Waals surface area contributed by atoms with Gasteiger partial charge in [-0.3, -0.25) is 9.80 Å². The first kappa shape index (κ1) is 22.1. The van der Waals surface area contributed by atoms with Gasteiger partial charge < -0.3 is 19.7 Å². The van der Waals surface area contributed by atoms with Crippen LogP contribution in [0.3, 0.4) is 0 Å². The molecule has 2 N–H and O–H groups in total. The van der Waals surface area contributed by atoms with Crippen LogP contribution in [0, 0.1) is 0 Å². The molecule has 0 bridgehead atoms. The van der Waals surface area contributed by atoms with Crippen LogP contribution in [-0.2, 0) is 22.7 Å². The van der Waals surface area contributed by atoms with Crippen molar-refractivity contribution >= 4 is 27.9 Å². The third kappa shape index (κ3) is 6.19. The SMILES string of the molecule is Brc1ccccc1CN1CCN(Cc2ccc3c(c2)OCO3)CC1.O=C(O)C(=O)O. The second-order valence-electron chi connectivity index (χ2n) is 6.94. The van der Waals surface area contributed by atoms with E-state index in [4.69, 9.17) is 29.3 Å². The summed E-state index contributed by atoms with van der Waals surface area (Å²) in [5.41, 5.74) is 2.65. The number of carboxylic acids is 2. The minimum atomic E-state index is -1.82. The highest BCUT2D eigenvalue weighted by Gasteiger charge is 2.19. The monoisotopic (exact) mass is 478 g/mol. The Bertz CT molecular complexity index is 887. The molecule has 2 heterocycles. The Morgan fingerprint density at radius 3 is 2.10 bits per heavy atom. The van der Waals surface area contributed by atoms with Crippen molar-refractivity contribution in [2.24, 2.45) is 0 Å². The molecule has 0 aliphatic carbocycles. The number of benzene rings is 2. The largest absolute Gasteiger partial charge is 0.473 e. The molecule has 9 heteroatoms. The minimum absolute atomic E-state index is 0.340. The van der Waals surface area contributed by atoms with E-state index in [0.29, 0.717) is 6.79 Å². The molecule has 4 rings (SSSR count). The van der Waals surface area contributed by atoms with E-state index in [0.717, 1.165) is 50.8 Å². The number of fused-ring (bicyclic) bond motifs is 1. The Morgan fingerprint density at radius 2 is 1.47 bits per heavy atom. The molecule has 2 aliphatic heterocycles. The Hall–Kier alpha value is -2.62. The maximum absolute atomic E-state index is 9.10. The molecular formula is C21H23BrN2O6. The second kappa shape index (κ2) is 10.4. The molecule has 0 saturated carbocycles. The zero-order valence-corrected chi connectivity index (χ0v) is 17.9. The maximum atomic E-state index is 9.10. The van der Waals surface area contributed by atoms with Gasteiger partial charge in [0.1, 0.15) is 0 Å². The molecule has 0 aromatic heterocycles. The third-order valence-corrected chi connectivity index (χ3v) is 5.62. The van der Waals surface area contributed by atoms with E-state index in [1.54, 1.807) is 0 Å². The van der Waals surface area contributed by atoms with E-state index in [9.17, 15) is 0 Å². The molecule has 1 saturated heterocycles. The summed E-state index contributed by atoms with van der Waals surface area (Å²) < 4.78 is 12.0. The van der Waals surface area contributed by atoms with Crippen LogP contribution in [0.1, 0.15) is 11.1 Å². The topological polar surface area (TPSA) is 99.5 Å². The number of nitrogens with zero attached hydrogens (tertiary/aromatic N) is 2. The van der Waals surface area contributed by atoms with E-state index in [2.05, 4.69) is 62.1 Å². The Labute approximate surface area is 182 Å². The fourth-order valence-electron chi connectivity index (χ4n) is 3.27. The lowest BCUT2D eigenvalue weighted by Crippen LogP contribution is -2.45. The van der Waals surface area contributed by atoms with Gasteiger partial charge >= 0.3 is 11.9 Å². The standard InChI is InChI=1S/C19H21BrN2O2.C2H2O4/c20-17-4-2-1-3-16(17)13-22-9-7-21(8-10-22)12-15-5-6-18-19(11-15)24-14-23-18;3-1(4)2(5)6/h1-6,11H,7-10,12-14H2;(H,3,4)(H,5,6). The molecular weight excluding hydrogens is 456 g/mol. The highest BCUT2D eigenvalue weighted by molar-refractivity contribution is 9.10. The number of aliphatic carboxylic acids is 2. The summed E-state index contributed by atoms with van der Waals surface area (Å²) in [4.78, 5) is 23.2. The van der Waals surface area contributed by atoms with Gasteiger partial charge in [0.2, 0.25) is 6.79 Å². The molecule has 0 radical (unpaired) electrons. The van der Waals surface area contributed by atoms with Crippen LogP contribution in [0.4, 0.5) is 0 Å². The number of hydrogen-bond donors (Lipinski definition) is 2. The van der Waals surface area contributed by atoms with Crippen LogP contribution in [0.25, 0.3) is 0 Å². The van der Waals surface area contributed by atoms with E-state index in [1.165, 1.54) is 15.6 Å². The van der Waals surface area contributed by atoms with Crippen LogP contribution in [0.15, 0.2) is 46.9 Å². The molecule has 2 aromatic carbocycles. The number of hydrogen-bond acceptors (Lipinski definition) is 6. The number of carbonyl (C=O) groups is 2. The quantitative estimate of drug-likeness (QED) is 0.646. The van der Waals surface area contributed by atoms with Gasteiger partial charge in [-0.25, -0.2) is 9.59 Å². The van der Waals surface area contributed by atoms with Crippen LogP contribution in [0.2, 0.25) is 0 Å². The van der Waals surface area contributed by atoms with Crippen LogP contribution < -0.4 is 9.47 Å². The van der Waals surface area contributed by atoms with Gasteiger partial charge in [0.25, 0.3) is 0 Å². The van der Waals surface area contributed by atoms with Gasteiger partial charge in [-0.15, -0.1) is 0 Å². The predicted octanol–water partition coefficient (Wildman–Crippen LogP) is 2.65. The van der Waals surface area contributed by atoms with E-state index >= 15 is 0 Å². The smallest absolute Gasteiger partial charge is 0.414 e. The third-order valence-electron chi connectivity index (χ3n) is 4.84. The van der Waals surface area contributed by atoms with Gasteiger partial charge in [0.15, 0.2) is 11.5 Å². The summed E-state index contributed by atoms with van der Waals surface area (Å²) in [5.74, 6) is -1.91. The number of halogens is 1. The van der Waals surface area contributed by atoms with E-state index in [-0.39, 0.29) is 0 Å². The number of rotatable bonds is 4. The fourth-order valence-corrected chi connectivity index (χ4v) is 3.68. The first-order valence-corrected chi connectivity index (χ1v) is 10.2. The molecule has 0 spiro atoms. The highest BCUT2D eigenvalue weighted by atomic mass is 79.9. The van der Waals surface area contributed by atoms with Gasteiger partial charge in [-0.2, -0.15) is 0 Å². The lowest BCUT2D eigenvalue weighted by molar-refractivity contribution is -0.159. The van der Waals surface area contributed by atoms with Crippen molar-refractivity contribution in [1.82, 2.24) is 9.80 Å². The van der Waals surface area contributed by atoms with Crippen molar-refractivity contribution in [2.75, 3.05) is 33.0 Å². The van der Waals surface area contributed by atoms with Crippen LogP contribution in [-0.4, -0.2) is 64.9 Å². The summed E-state index contributed by atoms with van der Waals surface area (Å²) >= 11 is 3.64. The summed E-state index contributed by atoms with van der Waals surface area (Å²) in [5, 5.41) is 14.8. The number of ether oxygens (including phenoxy) is 2. The number of piperazine rings is 1. The Kier molecular flexibility index (Phi) is 7.67. The van der Waals surface area contributed by atoms with Crippen molar-refractivity contribution in [2.45, 2.75) is 13.1 Å². The maximum Gasteiger partial charge on any atom is 0.414 e. The first-order chi connectivity index (χ1) is 14.4. The zero-order chi connectivity index (χ0) is 21.5. The molecule has 8 nitrogen and oxygen atoms in total. The molecule has 160 valence electrons. The van der Waals surface area contributed by atoms with Crippen molar-refractivity contribution in [1.29, 1.82) is 0 Å². The molecule has 0 amide bonds. The summed E-state index contributed by atoms with van der Waals surface area (Å²) in [6, 6.07) is 14.7. The molecule has 0 unspecified atom stereocenters. The fraction of sp³-hybridized carbons (Fsp3) is 0.333. The second-order valence-corrected chi connectivity index (χ2v) is 7.80. The number of carboxylic acid groups (broad SMARTS) is 2. The predicted molar refractivity (Wildman–Crippen MR) is 113 cm³/mol. The summed E-state index contributed by atoms with van der Waals surface area (Å²) in [6.07, 6.45) is 0. The van der Waals surface area contributed by atoms with Gasteiger partial charge in [-0.1, -0.05) is 40.2 Å². The van der Waals surface area contributed by atoms with Crippen molar-refractivity contribution in [3.8, 4) is 11.5 Å². The van der Waals surface area contributed by atoms with Crippen molar-refractivity contribution < 1.29 is 29.3 Å². The lowest BCUT2D eigenvalue weighted by atomic mass is 10.1. The molecule has 0 atom stereocenters. The average molecular weight is 479 g/mol. The van der Waals surface area contributed by atoms with Gasteiger partial charge in [0, 0.05) is 43.7 Å². The Balaban J connectivity index is 0.000000377. The zero-order valence-electron chi connectivity index (χ0n) is 16.3. The van der Waals surface area contributed by atoms with Gasteiger partial charge in [0.05, 0.1) is 0 Å². The molecule has 2 aliphatic rings. The summed E-state index contributed by atoms with van der Waals surface area (Å²) in [6.45, 7) is 6.72. The van der Waals surface area contributed by atoms with E-state index < -0.39 is 11.9 Å². The highest BCUT2D eigenvalue weighted by Crippen LogP contribution is 2.32. The normalized spacial score (nSPS) is 15.9. The van der Waals surface area contributed by atoms with Gasteiger partial charge in [-0.05, 0) is 29.3 Å². The molecule has 30 heavy (non-hydrogen) atoms. The molecule has 2 aromatic rings.